The second kappa shape index (κ2) is 6.37. The molecule has 3 atom stereocenters. The summed E-state index contributed by atoms with van der Waals surface area (Å²) in [5.74, 6) is -1.24. The van der Waals surface area contributed by atoms with Crippen LogP contribution in [0.3, 0.4) is 0 Å². The summed E-state index contributed by atoms with van der Waals surface area (Å²) in [6, 6.07) is 0. The molecule has 0 aromatic rings. The lowest BCUT2D eigenvalue weighted by Gasteiger charge is -2.26. The molecule has 0 spiro atoms. The van der Waals surface area contributed by atoms with E-state index in [0.29, 0.717) is 18.1 Å². The van der Waals surface area contributed by atoms with Crippen molar-refractivity contribution >= 4 is 46.4 Å². The van der Waals surface area contributed by atoms with E-state index in [4.69, 9.17) is 44.9 Å². The number of rotatable bonds is 3. The molecule has 0 bridgehead atoms. The molecule has 0 aliphatic heterocycles. The van der Waals surface area contributed by atoms with E-state index < -0.39 is 15.9 Å². The lowest BCUT2D eigenvalue weighted by Crippen LogP contribution is -2.34. The summed E-state index contributed by atoms with van der Waals surface area (Å²) < 4.78 is 9.86. The molecule has 20 heavy (non-hydrogen) atoms. The predicted octanol–water partition coefficient (Wildman–Crippen LogP) is 4.14. The molecule has 0 aromatic carbocycles. The minimum atomic E-state index is -0.993. The number of esters is 1. The van der Waals surface area contributed by atoms with Gasteiger partial charge in [0.15, 0.2) is 5.05 Å². The molecule has 0 heterocycles. The third-order valence-corrected chi connectivity index (χ3v) is 4.79. The van der Waals surface area contributed by atoms with E-state index in [2.05, 4.69) is 0 Å². The largest absolute Gasteiger partial charge is 0.487 e. The minimum absolute atomic E-state index is 0.164. The zero-order chi connectivity index (χ0) is 15.7. The molecule has 0 aromatic heterocycles. The molecule has 0 unspecified atom stereocenters. The predicted molar refractivity (Wildman–Crippen MR) is 85.3 cm³/mol. The molecule has 0 amide bonds. The average molecular weight is 341 g/mol. The molecule has 6 heteroatoms. The van der Waals surface area contributed by atoms with Gasteiger partial charge in [-0.2, -0.15) is 0 Å². The van der Waals surface area contributed by atoms with Crippen LogP contribution in [0.2, 0.25) is 0 Å². The maximum absolute atomic E-state index is 12.4. The van der Waals surface area contributed by atoms with Crippen LogP contribution in [0.15, 0.2) is 0 Å². The molecule has 3 nitrogen and oxygen atoms in total. The number of carbonyl (C=O) groups is 1. The number of ether oxygens (including phenoxy) is 2. The molecule has 1 saturated carbocycles. The number of halogens is 2. The Morgan fingerprint density at radius 2 is 1.95 bits per heavy atom. The van der Waals surface area contributed by atoms with Crippen LogP contribution in [0, 0.1) is 17.8 Å². The van der Waals surface area contributed by atoms with Gasteiger partial charge in [-0.1, -0.05) is 6.92 Å². The van der Waals surface area contributed by atoms with Gasteiger partial charge >= 0.3 is 5.97 Å². The molecular formula is C14H22Cl2O3S. The minimum Gasteiger partial charge on any atom is -0.487 e. The van der Waals surface area contributed by atoms with Gasteiger partial charge < -0.3 is 9.47 Å². The molecule has 1 aliphatic rings. The van der Waals surface area contributed by atoms with Crippen molar-refractivity contribution in [3.05, 3.63) is 0 Å². The third-order valence-electron chi connectivity index (χ3n) is 3.40. The van der Waals surface area contributed by atoms with Gasteiger partial charge in [-0.25, -0.2) is 0 Å². The molecule has 0 saturated heterocycles. The first-order chi connectivity index (χ1) is 8.99. The summed E-state index contributed by atoms with van der Waals surface area (Å²) in [5, 5.41) is 0.388. The van der Waals surface area contributed by atoms with Crippen LogP contribution in [0.5, 0.6) is 0 Å². The first kappa shape index (κ1) is 18.0. The maximum Gasteiger partial charge on any atom is 0.310 e. The highest BCUT2D eigenvalue weighted by molar-refractivity contribution is 7.80. The second-order valence-electron chi connectivity index (χ2n) is 6.17. The average Bonchev–Trinajstić information content (AvgIpc) is 2.48. The SMILES string of the molecule is CCOC(=S)[C@@H]1[C@@H](C(=O)OC(C)(C)C)CC(Cl)(Cl)[C@H]1C. The van der Waals surface area contributed by atoms with Crippen LogP contribution in [-0.2, 0) is 14.3 Å². The van der Waals surface area contributed by atoms with Crippen LogP contribution in [0.25, 0.3) is 0 Å². The first-order valence-electron chi connectivity index (χ1n) is 6.77. The summed E-state index contributed by atoms with van der Waals surface area (Å²) in [7, 11) is 0. The van der Waals surface area contributed by atoms with Crippen LogP contribution < -0.4 is 0 Å². The van der Waals surface area contributed by atoms with Crippen molar-refractivity contribution in [3.8, 4) is 0 Å². The van der Waals surface area contributed by atoms with E-state index in [1.165, 1.54) is 0 Å². The van der Waals surface area contributed by atoms with E-state index in [0.717, 1.165) is 0 Å². The van der Waals surface area contributed by atoms with Gasteiger partial charge in [0.25, 0.3) is 0 Å². The van der Waals surface area contributed by atoms with Gasteiger partial charge in [0, 0.05) is 11.8 Å². The Hall–Kier alpha value is -0.0600. The highest BCUT2D eigenvalue weighted by Gasteiger charge is 2.55. The fourth-order valence-corrected chi connectivity index (χ4v) is 3.52. The summed E-state index contributed by atoms with van der Waals surface area (Å²) in [5.41, 5.74) is -0.554. The summed E-state index contributed by atoms with van der Waals surface area (Å²) >= 11 is 17.9. The number of hydrogen-bond acceptors (Lipinski definition) is 4. The van der Waals surface area contributed by atoms with Crippen molar-refractivity contribution in [1.82, 2.24) is 0 Å². The fraction of sp³-hybridized carbons (Fsp3) is 0.857. The van der Waals surface area contributed by atoms with E-state index in [1.807, 2.05) is 34.6 Å². The Morgan fingerprint density at radius 3 is 2.40 bits per heavy atom. The van der Waals surface area contributed by atoms with Gasteiger partial charge in [0.2, 0.25) is 0 Å². The van der Waals surface area contributed by atoms with Crippen molar-refractivity contribution in [2.75, 3.05) is 6.61 Å². The van der Waals surface area contributed by atoms with Crippen LogP contribution in [0.1, 0.15) is 41.0 Å². The highest BCUT2D eigenvalue weighted by atomic mass is 35.5. The normalized spacial score (nSPS) is 29.1. The van der Waals surface area contributed by atoms with Crippen molar-refractivity contribution in [1.29, 1.82) is 0 Å². The molecular weight excluding hydrogens is 319 g/mol. The van der Waals surface area contributed by atoms with Gasteiger partial charge in [0.05, 0.1) is 12.5 Å². The zero-order valence-electron chi connectivity index (χ0n) is 12.5. The zero-order valence-corrected chi connectivity index (χ0v) is 14.9. The molecule has 1 aliphatic carbocycles. The van der Waals surface area contributed by atoms with Gasteiger partial charge in [-0.15, -0.1) is 23.2 Å². The van der Waals surface area contributed by atoms with E-state index >= 15 is 0 Å². The number of hydrogen-bond donors (Lipinski definition) is 0. The standard InChI is InChI=1S/C14H22Cl2O3S/c1-6-18-12(20)10-8(2)14(15,16)7-9(10)11(17)19-13(3,4)5/h8-10H,6-7H2,1-5H3/t8-,9-,10-/m0/s1. The van der Waals surface area contributed by atoms with E-state index in [-0.39, 0.29) is 17.8 Å². The Bertz CT molecular complexity index is 390. The smallest absolute Gasteiger partial charge is 0.310 e. The highest BCUT2D eigenvalue weighted by Crippen LogP contribution is 2.52. The lowest BCUT2D eigenvalue weighted by molar-refractivity contribution is -0.160. The van der Waals surface area contributed by atoms with E-state index in [1.54, 1.807) is 0 Å². The number of carbonyl (C=O) groups excluding carboxylic acids is 1. The van der Waals surface area contributed by atoms with Gasteiger partial charge in [0.1, 0.15) is 9.93 Å². The van der Waals surface area contributed by atoms with Crippen molar-refractivity contribution in [2.45, 2.75) is 51.0 Å². The fourth-order valence-electron chi connectivity index (χ4n) is 2.43. The molecule has 1 rings (SSSR count). The maximum atomic E-state index is 12.4. The number of thiocarbonyl (C=S) groups is 1. The third kappa shape index (κ3) is 4.22. The lowest BCUT2D eigenvalue weighted by atomic mass is 9.91. The topological polar surface area (TPSA) is 35.5 Å². The first-order valence-corrected chi connectivity index (χ1v) is 7.93. The quantitative estimate of drug-likeness (QED) is 0.439. The Kier molecular flexibility index (Phi) is 5.73. The van der Waals surface area contributed by atoms with Gasteiger partial charge in [-0.3, -0.25) is 4.79 Å². The van der Waals surface area contributed by atoms with Crippen LogP contribution in [0.4, 0.5) is 0 Å². The molecule has 116 valence electrons. The summed E-state index contributed by atoms with van der Waals surface area (Å²) in [4.78, 5) is 12.4. The van der Waals surface area contributed by atoms with E-state index in [9.17, 15) is 4.79 Å². The monoisotopic (exact) mass is 340 g/mol. The van der Waals surface area contributed by atoms with Crippen LogP contribution >= 0.6 is 35.4 Å². The molecule has 1 fully saturated rings. The van der Waals surface area contributed by atoms with Gasteiger partial charge in [-0.05, 0) is 46.3 Å². The second-order valence-corrected chi connectivity index (χ2v) is 8.12. The van der Waals surface area contributed by atoms with Crippen molar-refractivity contribution < 1.29 is 14.3 Å². The molecule has 0 N–H and O–H groups in total. The Balaban J connectivity index is 2.97. The summed E-state index contributed by atoms with van der Waals surface area (Å²) in [6.45, 7) is 9.68. The Morgan fingerprint density at radius 1 is 1.40 bits per heavy atom. The van der Waals surface area contributed by atoms with Crippen molar-refractivity contribution in [3.63, 3.8) is 0 Å². The molecule has 0 radical (unpaired) electrons. The summed E-state index contributed by atoms with van der Waals surface area (Å²) in [6.07, 6.45) is 0.323. The number of alkyl halides is 2. The van der Waals surface area contributed by atoms with Crippen molar-refractivity contribution in [2.24, 2.45) is 17.8 Å². The van der Waals surface area contributed by atoms with Crippen LogP contribution in [-0.4, -0.2) is 27.6 Å². The Labute approximate surface area is 136 Å².